The Morgan fingerprint density at radius 3 is 2.44 bits per heavy atom. The van der Waals surface area contributed by atoms with Crippen molar-refractivity contribution in [3.05, 3.63) is 24.3 Å². The van der Waals surface area contributed by atoms with Gasteiger partial charge in [0.25, 0.3) is 0 Å². The molecule has 0 radical (unpaired) electrons. The normalized spacial score (nSPS) is 9.89. The van der Waals surface area contributed by atoms with Gasteiger partial charge in [0.2, 0.25) is 0 Å². The van der Waals surface area contributed by atoms with Gasteiger partial charge < -0.3 is 0 Å². The molecule has 0 aliphatic heterocycles. The van der Waals surface area contributed by atoms with E-state index in [-0.39, 0.29) is 8.46 Å². The summed E-state index contributed by atoms with van der Waals surface area (Å²) in [4.78, 5) is 0. The molecule has 1 aromatic rings. The third-order valence-electron chi connectivity index (χ3n) is 1.04. The predicted molar refractivity (Wildman–Crippen MR) is 43.0 cm³/mol. The van der Waals surface area contributed by atoms with Gasteiger partial charge in [-0.25, -0.2) is 0 Å². The molecule has 0 heterocycles. The van der Waals surface area contributed by atoms with Crippen LogP contribution in [0.1, 0.15) is 0 Å². The molecule has 0 aliphatic rings. The van der Waals surface area contributed by atoms with Crippen molar-refractivity contribution in [1.82, 2.24) is 0 Å². The number of benzene rings is 1. The fraction of sp³-hybridized carbons (Fsp3) is 0. The van der Waals surface area contributed by atoms with Gasteiger partial charge in [-0.05, 0) is 11.4 Å². The lowest BCUT2D eigenvalue weighted by atomic mass is 10.4. The maximum atomic E-state index is 10.3. The van der Waals surface area contributed by atoms with Crippen LogP contribution in [0.4, 0.5) is 0 Å². The molecule has 0 aliphatic carbocycles. The van der Waals surface area contributed by atoms with Crippen molar-refractivity contribution in [3.8, 4) is 0 Å². The van der Waals surface area contributed by atoms with Gasteiger partial charge in [0.15, 0.2) is 8.46 Å². The molecule has 0 fully saturated rings. The summed E-state index contributed by atoms with van der Waals surface area (Å²) in [5, 5.41) is 1.83. The van der Waals surface area contributed by atoms with Gasteiger partial charge in [-0.1, -0.05) is 18.2 Å². The fourth-order valence-corrected chi connectivity index (χ4v) is 1.26. The zero-order valence-electron chi connectivity index (χ0n) is 4.74. The van der Waals surface area contributed by atoms with Gasteiger partial charge in [-0.2, -0.15) is 0 Å². The average molecular weight is 156 g/mol. The molecule has 0 N–H and O–H groups in total. The third-order valence-corrected chi connectivity index (χ3v) is 2.39. The predicted octanol–water partition coefficient (Wildman–Crippen LogP) is 1.10. The van der Waals surface area contributed by atoms with Gasteiger partial charge in [0, 0.05) is 5.30 Å². The first-order valence-electron chi connectivity index (χ1n) is 2.52. The van der Waals surface area contributed by atoms with Crippen molar-refractivity contribution in [3.63, 3.8) is 0 Å². The lowest BCUT2D eigenvalue weighted by Gasteiger charge is -1.91. The molecular weight excluding hydrogens is 150 g/mol. The summed E-state index contributed by atoms with van der Waals surface area (Å²) in [7, 11) is 2.62. The first kappa shape index (κ1) is 6.86. The van der Waals surface area contributed by atoms with Gasteiger partial charge in [0.05, 0.1) is 0 Å². The minimum Gasteiger partial charge on any atom is -0.269 e. The molecule has 1 aromatic carbocycles. The van der Waals surface area contributed by atoms with E-state index in [0.717, 1.165) is 10.6 Å². The minimum absolute atomic E-state index is 0.0913. The first-order chi connectivity index (χ1) is 4.34. The SMILES string of the molecule is O=Pc1ccccc1P. The van der Waals surface area contributed by atoms with Crippen LogP contribution in [-0.2, 0) is 4.57 Å². The van der Waals surface area contributed by atoms with Crippen LogP contribution in [0.15, 0.2) is 24.3 Å². The van der Waals surface area contributed by atoms with Gasteiger partial charge in [-0.15, -0.1) is 9.24 Å². The zero-order valence-corrected chi connectivity index (χ0v) is 6.79. The largest absolute Gasteiger partial charge is 0.269 e. The first-order valence-corrected chi connectivity index (χ1v) is 3.91. The van der Waals surface area contributed by atoms with Crippen LogP contribution in [0.3, 0.4) is 0 Å². The van der Waals surface area contributed by atoms with Crippen molar-refractivity contribution < 1.29 is 4.57 Å². The van der Waals surface area contributed by atoms with Crippen LogP contribution in [0.2, 0.25) is 0 Å². The van der Waals surface area contributed by atoms with Crippen LogP contribution in [0.25, 0.3) is 0 Å². The molecule has 0 spiro atoms. The quantitative estimate of drug-likeness (QED) is 0.556. The van der Waals surface area contributed by atoms with E-state index in [9.17, 15) is 4.57 Å². The van der Waals surface area contributed by atoms with Crippen molar-refractivity contribution in [1.29, 1.82) is 0 Å². The summed E-state index contributed by atoms with van der Waals surface area (Å²) in [5.41, 5.74) is 0. The maximum Gasteiger partial charge on any atom is 0.192 e. The van der Waals surface area contributed by atoms with Crippen LogP contribution < -0.4 is 10.6 Å². The molecule has 1 nitrogen and oxygen atoms in total. The van der Waals surface area contributed by atoms with E-state index in [4.69, 9.17) is 0 Å². The van der Waals surface area contributed by atoms with E-state index in [1.165, 1.54) is 0 Å². The highest BCUT2D eigenvalue weighted by Crippen LogP contribution is 1.95. The standard InChI is InChI=1S/C6H6OP2/c7-9-6-4-2-1-3-5(6)8/h1-4H,8H2. The highest BCUT2D eigenvalue weighted by atomic mass is 31.1. The molecule has 0 saturated heterocycles. The van der Waals surface area contributed by atoms with Gasteiger partial charge >= 0.3 is 0 Å². The molecule has 1 rings (SSSR count). The van der Waals surface area contributed by atoms with E-state index in [0.29, 0.717) is 0 Å². The van der Waals surface area contributed by atoms with Gasteiger partial charge in [0.1, 0.15) is 0 Å². The molecule has 0 aromatic heterocycles. The lowest BCUT2D eigenvalue weighted by Crippen LogP contribution is -2.09. The molecule has 9 heavy (non-hydrogen) atoms. The third kappa shape index (κ3) is 1.58. The van der Waals surface area contributed by atoms with Crippen LogP contribution in [-0.4, -0.2) is 0 Å². The number of hydrogen-bond donors (Lipinski definition) is 0. The minimum atomic E-state index is 0.0913. The summed E-state index contributed by atoms with van der Waals surface area (Å²) in [6.45, 7) is 0. The Morgan fingerprint density at radius 1 is 1.33 bits per heavy atom. The molecule has 0 saturated carbocycles. The summed E-state index contributed by atoms with van der Waals surface area (Å²) >= 11 is 0. The summed E-state index contributed by atoms with van der Waals surface area (Å²) in [6, 6.07) is 7.52. The molecule has 0 amide bonds. The Kier molecular flexibility index (Phi) is 2.33. The second-order valence-electron chi connectivity index (χ2n) is 1.65. The van der Waals surface area contributed by atoms with E-state index in [1.807, 2.05) is 24.3 Å². The summed E-state index contributed by atoms with van der Waals surface area (Å²) in [5.74, 6) is 0. The van der Waals surface area contributed by atoms with E-state index < -0.39 is 0 Å². The maximum absolute atomic E-state index is 10.3. The molecule has 0 bridgehead atoms. The van der Waals surface area contributed by atoms with Crippen molar-refractivity contribution in [2.45, 2.75) is 0 Å². The highest BCUT2D eigenvalue weighted by Gasteiger charge is 1.91. The second-order valence-corrected chi connectivity index (χ2v) is 2.94. The molecular formula is C6H6OP2. The Bertz CT molecular complexity index is 222. The number of hydrogen-bond acceptors (Lipinski definition) is 1. The topological polar surface area (TPSA) is 17.1 Å². The van der Waals surface area contributed by atoms with Crippen molar-refractivity contribution in [2.24, 2.45) is 0 Å². The van der Waals surface area contributed by atoms with Crippen molar-refractivity contribution >= 4 is 28.3 Å². The molecule has 1 unspecified atom stereocenters. The Balaban J connectivity index is 3.15. The Hall–Kier alpha value is -0.250. The molecule has 3 heteroatoms. The number of rotatable bonds is 1. The molecule has 1 atom stereocenters. The highest BCUT2D eigenvalue weighted by molar-refractivity contribution is 7.39. The second kappa shape index (κ2) is 3.06. The summed E-state index contributed by atoms with van der Waals surface area (Å²) < 4.78 is 10.3. The zero-order chi connectivity index (χ0) is 6.69. The van der Waals surface area contributed by atoms with Crippen LogP contribution in [0, 0.1) is 0 Å². The van der Waals surface area contributed by atoms with Gasteiger partial charge in [-0.3, -0.25) is 4.57 Å². The van der Waals surface area contributed by atoms with Crippen molar-refractivity contribution in [2.75, 3.05) is 0 Å². The summed E-state index contributed by atoms with van der Waals surface area (Å²) in [6.07, 6.45) is 0. The monoisotopic (exact) mass is 156 g/mol. The Morgan fingerprint density at radius 2 is 2.00 bits per heavy atom. The van der Waals surface area contributed by atoms with E-state index in [2.05, 4.69) is 9.24 Å². The lowest BCUT2D eigenvalue weighted by molar-refractivity contribution is 0.603. The van der Waals surface area contributed by atoms with E-state index in [1.54, 1.807) is 0 Å². The van der Waals surface area contributed by atoms with Crippen LogP contribution >= 0.6 is 17.7 Å². The fourth-order valence-electron chi connectivity index (χ4n) is 0.571. The smallest absolute Gasteiger partial charge is 0.192 e. The Labute approximate surface area is 57.9 Å². The molecule has 46 valence electrons. The van der Waals surface area contributed by atoms with Crippen LogP contribution in [0.5, 0.6) is 0 Å². The van der Waals surface area contributed by atoms with E-state index >= 15 is 0 Å². The average Bonchev–Trinajstić information content (AvgIpc) is 1.89.